The highest BCUT2D eigenvalue weighted by Gasteiger charge is 2.27. The van der Waals surface area contributed by atoms with Crippen molar-refractivity contribution in [2.24, 2.45) is 0 Å². The van der Waals surface area contributed by atoms with Crippen LogP contribution in [0.5, 0.6) is 0 Å². The van der Waals surface area contributed by atoms with Gasteiger partial charge in [-0.15, -0.1) is 11.6 Å². The van der Waals surface area contributed by atoms with Crippen molar-refractivity contribution in [3.8, 4) is 11.1 Å². The van der Waals surface area contributed by atoms with Crippen molar-refractivity contribution in [1.29, 1.82) is 0 Å². The van der Waals surface area contributed by atoms with Crippen LogP contribution in [0.4, 0.5) is 0 Å². The minimum atomic E-state index is -0.848. The van der Waals surface area contributed by atoms with Crippen LogP contribution in [-0.4, -0.2) is 10.7 Å². The van der Waals surface area contributed by atoms with Crippen LogP contribution in [-0.2, 0) is 6.42 Å². The first-order chi connectivity index (χ1) is 8.97. The molecular weight excluding hydrogens is 256 g/mol. The molecule has 1 nitrogen and oxygen atoms in total. The lowest BCUT2D eigenvalue weighted by atomic mass is 9.96. The lowest BCUT2D eigenvalue weighted by molar-refractivity contribution is 0.0954. The fraction of sp³-hybridized carbons (Fsp3) is 0.235. The molecule has 2 heteroatoms. The molecule has 1 aliphatic carbocycles. The SMILES string of the molecule is CC(C)(Cl)C(=O)c1ccc2c(c1)Cc1ccccc1-2. The number of hydrogen-bond acceptors (Lipinski definition) is 1. The van der Waals surface area contributed by atoms with E-state index in [1.54, 1.807) is 13.8 Å². The summed E-state index contributed by atoms with van der Waals surface area (Å²) < 4.78 is 0. The van der Waals surface area contributed by atoms with E-state index in [0.29, 0.717) is 5.56 Å². The Kier molecular flexibility index (Phi) is 2.75. The molecule has 0 radical (unpaired) electrons. The molecule has 0 amide bonds. The molecule has 0 fully saturated rings. The molecule has 0 heterocycles. The average molecular weight is 271 g/mol. The number of halogens is 1. The monoisotopic (exact) mass is 270 g/mol. The third-order valence-electron chi connectivity index (χ3n) is 3.60. The predicted octanol–water partition coefficient (Wildman–Crippen LogP) is 4.46. The molecule has 0 bridgehead atoms. The number of hydrogen-bond donors (Lipinski definition) is 0. The molecule has 0 saturated carbocycles. The molecule has 0 atom stereocenters. The van der Waals surface area contributed by atoms with Gasteiger partial charge >= 0.3 is 0 Å². The highest BCUT2D eigenvalue weighted by molar-refractivity contribution is 6.37. The first kappa shape index (κ1) is 12.4. The van der Waals surface area contributed by atoms with E-state index in [0.717, 1.165) is 6.42 Å². The quantitative estimate of drug-likeness (QED) is 0.496. The van der Waals surface area contributed by atoms with Gasteiger partial charge in [-0.3, -0.25) is 4.79 Å². The van der Waals surface area contributed by atoms with Gasteiger partial charge in [0.25, 0.3) is 0 Å². The summed E-state index contributed by atoms with van der Waals surface area (Å²) >= 11 is 6.11. The van der Waals surface area contributed by atoms with Gasteiger partial charge in [-0.25, -0.2) is 0 Å². The van der Waals surface area contributed by atoms with E-state index in [1.807, 2.05) is 18.2 Å². The molecular formula is C17H15ClO. The summed E-state index contributed by atoms with van der Waals surface area (Å²) in [5.74, 6) is -0.0204. The smallest absolute Gasteiger partial charge is 0.183 e. The Balaban J connectivity index is 2.05. The van der Waals surface area contributed by atoms with Gasteiger partial charge in [0.2, 0.25) is 0 Å². The van der Waals surface area contributed by atoms with Crippen LogP contribution < -0.4 is 0 Å². The second-order valence-corrected chi connectivity index (χ2v) is 6.45. The summed E-state index contributed by atoms with van der Waals surface area (Å²) in [6, 6.07) is 14.3. The predicted molar refractivity (Wildman–Crippen MR) is 78.9 cm³/mol. The number of Topliss-reactive ketones (excluding diaryl/α,β-unsaturated/α-hetero) is 1. The van der Waals surface area contributed by atoms with E-state index >= 15 is 0 Å². The summed E-state index contributed by atoms with van der Waals surface area (Å²) in [6.45, 7) is 3.47. The Labute approximate surface area is 118 Å². The minimum Gasteiger partial charge on any atom is -0.292 e. The summed E-state index contributed by atoms with van der Waals surface area (Å²) in [5.41, 5.74) is 5.76. The van der Waals surface area contributed by atoms with Gasteiger partial charge in [-0.1, -0.05) is 36.4 Å². The standard InChI is InChI=1S/C17H15ClO/c1-17(2,18)16(19)12-7-8-15-13(10-12)9-11-5-3-4-6-14(11)15/h3-8,10H,9H2,1-2H3. The highest BCUT2D eigenvalue weighted by Crippen LogP contribution is 2.37. The van der Waals surface area contributed by atoms with Gasteiger partial charge in [-0.05, 0) is 48.6 Å². The van der Waals surface area contributed by atoms with Gasteiger partial charge in [0, 0.05) is 5.56 Å². The molecule has 0 unspecified atom stereocenters. The third-order valence-corrected chi connectivity index (χ3v) is 3.77. The van der Waals surface area contributed by atoms with Crippen LogP contribution in [0, 0.1) is 0 Å². The zero-order valence-corrected chi connectivity index (χ0v) is 11.8. The van der Waals surface area contributed by atoms with Crippen LogP contribution in [0.3, 0.4) is 0 Å². The zero-order chi connectivity index (χ0) is 13.6. The van der Waals surface area contributed by atoms with Crippen LogP contribution in [0.15, 0.2) is 42.5 Å². The highest BCUT2D eigenvalue weighted by atomic mass is 35.5. The van der Waals surface area contributed by atoms with E-state index in [2.05, 4.69) is 24.3 Å². The van der Waals surface area contributed by atoms with E-state index in [1.165, 1.54) is 22.3 Å². The molecule has 0 saturated heterocycles. The van der Waals surface area contributed by atoms with Crippen molar-refractivity contribution in [2.75, 3.05) is 0 Å². The van der Waals surface area contributed by atoms with Crippen molar-refractivity contribution >= 4 is 17.4 Å². The summed E-state index contributed by atoms with van der Waals surface area (Å²) in [4.78, 5) is 11.4. The number of fused-ring (bicyclic) bond motifs is 3. The normalized spacial score (nSPS) is 13.0. The summed E-state index contributed by atoms with van der Waals surface area (Å²) in [6.07, 6.45) is 0.898. The topological polar surface area (TPSA) is 17.1 Å². The maximum atomic E-state index is 12.2. The van der Waals surface area contributed by atoms with Gasteiger partial charge in [0.1, 0.15) is 4.87 Å². The van der Waals surface area contributed by atoms with Crippen molar-refractivity contribution in [3.05, 3.63) is 59.2 Å². The molecule has 96 valence electrons. The Morgan fingerprint density at radius 3 is 2.47 bits per heavy atom. The van der Waals surface area contributed by atoms with Crippen LogP contribution in [0.2, 0.25) is 0 Å². The van der Waals surface area contributed by atoms with Gasteiger partial charge < -0.3 is 0 Å². The molecule has 2 aromatic rings. The number of benzene rings is 2. The second kappa shape index (κ2) is 4.21. The lowest BCUT2D eigenvalue weighted by Crippen LogP contribution is -2.24. The summed E-state index contributed by atoms with van der Waals surface area (Å²) in [5, 5.41) is 0. The van der Waals surface area contributed by atoms with Crippen molar-refractivity contribution < 1.29 is 4.79 Å². The van der Waals surface area contributed by atoms with Gasteiger partial charge in [0.05, 0.1) is 0 Å². The largest absolute Gasteiger partial charge is 0.292 e. The molecule has 0 aromatic heterocycles. The Morgan fingerprint density at radius 2 is 1.74 bits per heavy atom. The molecule has 19 heavy (non-hydrogen) atoms. The number of alkyl halides is 1. The molecule has 0 N–H and O–H groups in total. The number of carbonyl (C=O) groups excluding carboxylic acids is 1. The number of rotatable bonds is 2. The number of carbonyl (C=O) groups is 1. The van der Waals surface area contributed by atoms with Crippen LogP contribution >= 0.6 is 11.6 Å². The minimum absolute atomic E-state index is 0.0204. The first-order valence-electron chi connectivity index (χ1n) is 6.42. The Bertz CT molecular complexity index is 665. The van der Waals surface area contributed by atoms with Crippen molar-refractivity contribution in [3.63, 3.8) is 0 Å². The van der Waals surface area contributed by atoms with Gasteiger partial charge in [0.15, 0.2) is 5.78 Å². The second-order valence-electron chi connectivity index (χ2n) is 5.51. The van der Waals surface area contributed by atoms with Crippen molar-refractivity contribution in [2.45, 2.75) is 25.1 Å². The van der Waals surface area contributed by atoms with E-state index in [4.69, 9.17) is 11.6 Å². The zero-order valence-electron chi connectivity index (χ0n) is 11.0. The van der Waals surface area contributed by atoms with E-state index in [-0.39, 0.29) is 5.78 Å². The Morgan fingerprint density at radius 1 is 1.05 bits per heavy atom. The molecule has 1 aliphatic rings. The maximum Gasteiger partial charge on any atom is 0.183 e. The molecule has 2 aromatic carbocycles. The van der Waals surface area contributed by atoms with Gasteiger partial charge in [-0.2, -0.15) is 0 Å². The molecule has 3 rings (SSSR count). The van der Waals surface area contributed by atoms with Crippen molar-refractivity contribution in [1.82, 2.24) is 0 Å². The van der Waals surface area contributed by atoms with E-state index in [9.17, 15) is 4.79 Å². The van der Waals surface area contributed by atoms with Crippen LogP contribution in [0.1, 0.15) is 35.3 Å². The molecule has 0 aliphatic heterocycles. The fourth-order valence-electron chi connectivity index (χ4n) is 2.63. The maximum absolute atomic E-state index is 12.2. The fourth-order valence-corrected chi connectivity index (χ4v) is 2.74. The molecule has 0 spiro atoms. The number of ketones is 1. The summed E-state index contributed by atoms with van der Waals surface area (Å²) in [7, 11) is 0. The van der Waals surface area contributed by atoms with E-state index < -0.39 is 4.87 Å². The average Bonchev–Trinajstić information content (AvgIpc) is 2.74. The third kappa shape index (κ3) is 2.08. The lowest BCUT2D eigenvalue weighted by Gasteiger charge is -2.14. The first-order valence-corrected chi connectivity index (χ1v) is 6.79. The Hall–Kier alpha value is -1.60. The van der Waals surface area contributed by atoms with Crippen LogP contribution in [0.25, 0.3) is 11.1 Å².